The fraction of sp³-hybridized carbons (Fsp3) is 1.00. The molecule has 0 aliphatic heterocycles. The zero-order chi connectivity index (χ0) is 16.4. The molecule has 122 valence electrons. The topological polar surface area (TPSA) is 61.7 Å². The van der Waals surface area contributed by atoms with E-state index in [1.807, 2.05) is 13.8 Å². The third-order valence-corrected chi connectivity index (χ3v) is 3.50. The maximum Gasteiger partial charge on any atom is 0.327 e. The van der Waals surface area contributed by atoms with Gasteiger partial charge in [0.25, 0.3) is 0 Å². The smallest absolute Gasteiger partial charge is 0.327 e. The first kappa shape index (κ1) is 20.3. The summed E-state index contributed by atoms with van der Waals surface area (Å²) in [6.07, 6.45) is 1.74. The van der Waals surface area contributed by atoms with Crippen LogP contribution in [-0.4, -0.2) is 26.5 Å². The fourth-order valence-electron chi connectivity index (χ4n) is 3.65. The van der Waals surface area contributed by atoms with Gasteiger partial charge in [0.15, 0.2) is 0 Å². The Balaban J connectivity index is 4.73. The van der Waals surface area contributed by atoms with Gasteiger partial charge in [0.05, 0.1) is 5.60 Å². The van der Waals surface area contributed by atoms with E-state index in [-0.39, 0.29) is 16.5 Å². The highest BCUT2D eigenvalue weighted by molar-refractivity contribution is 7.39. The summed E-state index contributed by atoms with van der Waals surface area (Å²) in [5.41, 5.74) is -0.489. The monoisotopic (exact) mass is 307 g/mol. The van der Waals surface area contributed by atoms with Crippen LogP contribution in [0.4, 0.5) is 0 Å². The van der Waals surface area contributed by atoms with Crippen molar-refractivity contribution in [2.75, 3.05) is 0 Å². The SMILES string of the molecule is CC(C)(C)CC(C)(C)NC(C)(C)CC(C)(C)OP(O)O. The minimum atomic E-state index is -2.32. The van der Waals surface area contributed by atoms with Crippen LogP contribution in [-0.2, 0) is 4.52 Å². The molecule has 0 aromatic carbocycles. The Labute approximate surface area is 126 Å². The Morgan fingerprint density at radius 1 is 0.800 bits per heavy atom. The van der Waals surface area contributed by atoms with Crippen molar-refractivity contribution in [3.63, 3.8) is 0 Å². The molecule has 0 spiro atoms. The molecule has 0 aromatic heterocycles. The molecule has 0 saturated heterocycles. The molecule has 0 unspecified atom stereocenters. The van der Waals surface area contributed by atoms with E-state index in [1.165, 1.54) is 0 Å². The first-order chi connectivity index (χ1) is 8.54. The number of nitrogens with one attached hydrogen (secondary N) is 1. The first-order valence-electron chi connectivity index (χ1n) is 7.20. The summed E-state index contributed by atoms with van der Waals surface area (Å²) in [6, 6.07) is 0. The molecule has 0 heterocycles. The highest BCUT2D eigenvalue weighted by Crippen LogP contribution is 2.37. The van der Waals surface area contributed by atoms with Crippen molar-refractivity contribution in [2.45, 2.75) is 91.8 Å². The van der Waals surface area contributed by atoms with E-state index in [4.69, 9.17) is 14.3 Å². The predicted molar refractivity (Wildman–Crippen MR) is 86.5 cm³/mol. The second-order valence-corrected chi connectivity index (χ2v) is 9.60. The lowest BCUT2D eigenvalue weighted by Gasteiger charge is -2.43. The highest BCUT2D eigenvalue weighted by atomic mass is 31.2. The Bertz CT molecular complexity index is 307. The third-order valence-electron chi connectivity index (χ3n) is 2.85. The van der Waals surface area contributed by atoms with Gasteiger partial charge in [-0.05, 0) is 59.8 Å². The normalized spacial score (nSPS) is 15.0. The van der Waals surface area contributed by atoms with Gasteiger partial charge in [-0.2, -0.15) is 0 Å². The largest absolute Gasteiger partial charge is 0.328 e. The molecule has 3 N–H and O–H groups in total. The van der Waals surface area contributed by atoms with E-state index in [0.29, 0.717) is 6.42 Å². The maximum atomic E-state index is 9.05. The van der Waals surface area contributed by atoms with Crippen LogP contribution in [0.1, 0.15) is 75.2 Å². The summed E-state index contributed by atoms with van der Waals surface area (Å²) < 4.78 is 5.22. The molecule has 20 heavy (non-hydrogen) atoms. The van der Waals surface area contributed by atoms with Gasteiger partial charge < -0.3 is 19.6 Å². The van der Waals surface area contributed by atoms with Crippen LogP contribution >= 0.6 is 8.60 Å². The van der Waals surface area contributed by atoms with Crippen molar-refractivity contribution in [1.82, 2.24) is 5.32 Å². The molecule has 0 amide bonds. The van der Waals surface area contributed by atoms with Gasteiger partial charge in [0.2, 0.25) is 0 Å². The van der Waals surface area contributed by atoms with E-state index in [0.717, 1.165) is 6.42 Å². The zero-order valence-electron chi connectivity index (χ0n) is 14.7. The highest BCUT2D eigenvalue weighted by Gasteiger charge is 2.36. The fourth-order valence-corrected chi connectivity index (χ4v) is 4.15. The third kappa shape index (κ3) is 10.1. The van der Waals surface area contributed by atoms with Crippen molar-refractivity contribution in [3.8, 4) is 0 Å². The molecule has 0 rings (SSSR count). The van der Waals surface area contributed by atoms with Crippen LogP contribution in [0.2, 0.25) is 0 Å². The Morgan fingerprint density at radius 2 is 1.20 bits per heavy atom. The van der Waals surface area contributed by atoms with Gasteiger partial charge in [-0.3, -0.25) is 0 Å². The van der Waals surface area contributed by atoms with Crippen molar-refractivity contribution in [3.05, 3.63) is 0 Å². The van der Waals surface area contributed by atoms with Crippen molar-refractivity contribution in [1.29, 1.82) is 0 Å². The maximum absolute atomic E-state index is 9.05. The van der Waals surface area contributed by atoms with Crippen LogP contribution in [0.5, 0.6) is 0 Å². The Hall–Kier alpha value is 0.270. The van der Waals surface area contributed by atoms with E-state index in [9.17, 15) is 0 Å². The van der Waals surface area contributed by atoms with E-state index in [1.54, 1.807) is 0 Å². The second kappa shape index (κ2) is 6.58. The summed E-state index contributed by atoms with van der Waals surface area (Å²) >= 11 is 0. The van der Waals surface area contributed by atoms with E-state index < -0.39 is 14.2 Å². The molecule has 0 aliphatic rings. The Morgan fingerprint density at radius 3 is 1.55 bits per heavy atom. The lowest BCUT2D eigenvalue weighted by Crippen LogP contribution is -2.55. The standard InChI is InChI=1S/C15H34NO3P/c1-12(2,3)10-13(4,5)16-14(6,7)11-15(8,9)19-20(17)18/h16-18H,10-11H2,1-9H3. The molecule has 0 radical (unpaired) electrons. The Kier molecular flexibility index (Phi) is 6.67. The molecule has 0 fully saturated rings. The molecule has 0 bridgehead atoms. The van der Waals surface area contributed by atoms with Gasteiger partial charge in [0.1, 0.15) is 0 Å². The quantitative estimate of drug-likeness (QED) is 0.623. The second-order valence-electron chi connectivity index (χ2n) is 8.91. The van der Waals surface area contributed by atoms with Crippen LogP contribution in [0, 0.1) is 5.41 Å². The van der Waals surface area contributed by atoms with Gasteiger partial charge in [-0.25, -0.2) is 0 Å². The van der Waals surface area contributed by atoms with Crippen LogP contribution in [0.25, 0.3) is 0 Å². The van der Waals surface area contributed by atoms with Crippen molar-refractivity contribution < 1.29 is 14.3 Å². The minimum absolute atomic E-state index is 0.000986. The van der Waals surface area contributed by atoms with E-state index >= 15 is 0 Å². The van der Waals surface area contributed by atoms with Gasteiger partial charge in [-0.15, -0.1) is 0 Å². The molecular weight excluding hydrogens is 273 g/mol. The molecule has 4 nitrogen and oxygen atoms in total. The number of hydrogen-bond acceptors (Lipinski definition) is 4. The summed E-state index contributed by atoms with van der Waals surface area (Å²) in [6.45, 7) is 19.1. The lowest BCUT2D eigenvalue weighted by molar-refractivity contribution is 0.0465. The molecule has 5 heteroatoms. The van der Waals surface area contributed by atoms with Crippen molar-refractivity contribution >= 4 is 8.60 Å². The average Bonchev–Trinajstić information content (AvgIpc) is 1.86. The summed E-state index contributed by atoms with van der Waals surface area (Å²) in [5.74, 6) is 0. The predicted octanol–water partition coefficient (Wildman–Crippen LogP) is 3.97. The average molecular weight is 307 g/mol. The minimum Gasteiger partial charge on any atom is -0.328 e. The molecule has 0 aromatic rings. The van der Waals surface area contributed by atoms with Crippen molar-refractivity contribution in [2.24, 2.45) is 5.41 Å². The summed E-state index contributed by atoms with van der Waals surface area (Å²) in [5, 5.41) is 3.68. The van der Waals surface area contributed by atoms with Crippen LogP contribution in [0.15, 0.2) is 0 Å². The molecule has 0 atom stereocenters. The zero-order valence-corrected chi connectivity index (χ0v) is 15.6. The molecule has 0 saturated carbocycles. The van der Waals surface area contributed by atoms with E-state index in [2.05, 4.69) is 53.8 Å². The first-order valence-corrected chi connectivity index (χ1v) is 8.37. The van der Waals surface area contributed by atoms with Gasteiger partial charge in [0, 0.05) is 11.1 Å². The van der Waals surface area contributed by atoms with Crippen LogP contribution < -0.4 is 5.32 Å². The molecule has 0 aliphatic carbocycles. The van der Waals surface area contributed by atoms with Gasteiger partial charge >= 0.3 is 8.60 Å². The van der Waals surface area contributed by atoms with Crippen LogP contribution in [0.3, 0.4) is 0 Å². The summed E-state index contributed by atoms with van der Waals surface area (Å²) in [7, 11) is -2.32. The van der Waals surface area contributed by atoms with Gasteiger partial charge in [-0.1, -0.05) is 20.8 Å². The molecular formula is C15H34NO3P. The number of hydrogen-bond donors (Lipinski definition) is 3. The lowest BCUT2D eigenvalue weighted by atomic mass is 9.79. The summed E-state index contributed by atoms with van der Waals surface area (Å²) in [4.78, 5) is 18.1. The number of rotatable bonds is 7.